The number of alkyl halides is 3. The van der Waals surface area contributed by atoms with Crippen LogP contribution in [0.3, 0.4) is 0 Å². The molecule has 1 unspecified atom stereocenters. The minimum Gasteiger partial charge on any atom is -0.353 e. The molecular weight excluding hydrogens is 459 g/mol. The summed E-state index contributed by atoms with van der Waals surface area (Å²) in [5, 5.41) is -1.87. The Bertz CT molecular complexity index is 1080. The van der Waals surface area contributed by atoms with Crippen LogP contribution in [0.15, 0.2) is 41.7 Å². The molecule has 1 aliphatic heterocycles. The van der Waals surface area contributed by atoms with E-state index in [4.69, 9.17) is 11.6 Å². The predicted molar refractivity (Wildman–Crippen MR) is 111 cm³/mol. The molecule has 1 saturated heterocycles. The van der Waals surface area contributed by atoms with Crippen LogP contribution in [0.25, 0.3) is 11.0 Å². The van der Waals surface area contributed by atoms with Gasteiger partial charge >= 0.3 is 6.18 Å². The van der Waals surface area contributed by atoms with Gasteiger partial charge in [0.15, 0.2) is 5.82 Å². The molecule has 2 aromatic heterocycles. The lowest BCUT2D eigenvalue weighted by molar-refractivity contribution is -0.129. The van der Waals surface area contributed by atoms with E-state index in [1.807, 2.05) is 4.90 Å². The van der Waals surface area contributed by atoms with Crippen molar-refractivity contribution < 1.29 is 17.4 Å². The zero-order valence-electron chi connectivity index (χ0n) is 15.3. The van der Waals surface area contributed by atoms with Crippen LogP contribution in [-0.4, -0.2) is 54.9 Å². The molecule has 30 heavy (non-hydrogen) atoms. The first-order valence-corrected chi connectivity index (χ1v) is 11.6. The fourth-order valence-electron chi connectivity index (χ4n) is 3.10. The summed E-state index contributed by atoms with van der Waals surface area (Å²) in [6.07, 6.45) is -3.30. The van der Waals surface area contributed by atoms with Crippen molar-refractivity contribution in [2.45, 2.75) is 16.5 Å². The molecule has 0 aliphatic carbocycles. The minimum atomic E-state index is -4.50. The first-order valence-electron chi connectivity index (χ1n) is 8.89. The van der Waals surface area contributed by atoms with E-state index < -0.39 is 22.2 Å². The van der Waals surface area contributed by atoms with Crippen LogP contribution in [0.1, 0.15) is 10.8 Å². The molecule has 0 saturated carbocycles. The van der Waals surface area contributed by atoms with E-state index in [0.717, 1.165) is 0 Å². The number of halogens is 4. The number of hydrogen-bond acceptors (Lipinski definition) is 7. The molecule has 0 N–H and O–H groups in total. The molecule has 0 radical (unpaired) electrons. The molecule has 1 aliphatic rings. The Morgan fingerprint density at radius 1 is 1.07 bits per heavy atom. The standard InChI is InChI=1S/C18H15ClF3N5OS2/c19-17-25-13-12(15(26-17)27-6-8-30(28)9-7-27)23-10-24-16(13)29-14(18(20,21)22)11-4-2-1-3-5-11/h1-5,10,14H,6-9H2. The van der Waals surface area contributed by atoms with Crippen molar-refractivity contribution in [2.24, 2.45) is 0 Å². The molecule has 1 atom stereocenters. The topological polar surface area (TPSA) is 71.9 Å². The number of thioether (sulfide) groups is 1. The lowest BCUT2D eigenvalue weighted by atomic mass is 10.1. The Labute approximate surface area is 181 Å². The second-order valence-corrected chi connectivity index (χ2v) is 9.61. The molecule has 0 spiro atoms. The lowest BCUT2D eigenvalue weighted by Gasteiger charge is -2.28. The number of aromatic nitrogens is 4. The van der Waals surface area contributed by atoms with Crippen molar-refractivity contribution in [3.05, 3.63) is 47.5 Å². The van der Waals surface area contributed by atoms with Gasteiger partial charge in [-0.1, -0.05) is 42.1 Å². The van der Waals surface area contributed by atoms with E-state index in [2.05, 4.69) is 19.9 Å². The Hall–Kier alpha value is -1.98. The van der Waals surface area contributed by atoms with E-state index >= 15 is 0 Å². The van der Waals surface area contributed by atoms with Crippen LogP contribution in [-0.2, 0) is 10.8 Å². The van der Waals surface area contributed by atoms with Gasteiger partial charge in [0.25, 0.3) is 0 Å². The molecule has 6 nitrogen and oxygen atoms in total. The number of hydrogen-bond donors (Lipinski definition) is 0. The van der Waals surface area contributed by atoms with Crippen LogP contribution < -0.4 is 4.90 Å². The van der Waals surface area contributed by atoms with Crippen LogP contribution in [0.4, 0.5) is 19.0 Å². The Morgan fingerprint density at radius 3 is 2.43 bits per heavy atom. The molecule has 4 rings (SSSR count). The maximum atomic E-state index is 13.8. The van der Waals surface area contributed by atoms with Crippen LogP contribution >= 0.6 is 23.4 Å². The highest BCUT2D eigenvalue weighted by molar-refractivity contribution is 7.99. The number of fused-ring (bicyclic) bond motifs is 1. The van der Waals surface area contributed by atoms with Gasteiger partial charge in [-0.05, 0) is 17.2 Å². The average molecular weight is 474 g/mol. The van der Waals surface area contributed by atoms with E-state index in [0.29, 0.717) is 47.7 Å². The summed E-state index contributed by atoms with van der Waals surface area (Å²) in [4.78, 5) is 18.5. The summed E-state index contributed by atoms with van der Waals surface area (Å²) >= 11 is 6.64. The van der Waals surface area contributed by atoms with Crippen molar-refractivity contribution in [1.82, 2.24) is 19.9 Å². The Kier molecular flexibility index (Phi) is 6.12. The fraction of sp³-hybridized carbons (Fsp3) is 0.333. The zero-order valence-corrected chi connectivity index (χ0v) is 17.7. The van der Waals surface area contributed by atoms with E-state index in [-0.39, 0.29) is 21.4 Å². The van der Waals surface area contributed by atoms with Gasteiger partial charge < -0.3 is 4.90 Å². The highest BCUT2D eigenvalue weighted by atomic mass is 35.5. The Balaban J connectivity index is 1.77. The van der Waals surface area contributed by atoms with Crippen molar-refractivity contribution in [1.29, 1.82) is 0 Å². The van der Waals surface area contributed by atoms with Crippen molar-refractivity contribution >= 4 is 51.0 Å². The second kappa shape index (κ2) is 8.64. The molecular formula is C18H15ClF3N5OS2. The van der Waals surface area contributed by atoms with E-state index in [9.17, 15) is 17.4 Å². The summed E-state index contributed by atoms with van der Waals surface area (Å²) in [6.45, 7) is 0.966. The van der Waals surface area contributed by atoms with Crippen LogP contribution in [0.5, 0.6) is 0 Å². The molecule has 3 heterocycles. The highest BCUT2D eigenvalue weighted by Crippen LogP contribution is 2.47. The first-order chi connectivity index (χ1) is 14.3. The summed E-state index contributed by atoms with van der Waals surface area (Å²) < 4.78 is 53.1. The largest absolute Gasteiger partial charge is 0.404 e. The average Bonchev–Trinajstić information content (AvgIpc) is 2.72. The van der Waals surface area contributed by atoms with Crippen molar-refractivity contribution in [3.63, 3.8) is 0 Å². The summed E-state index contributed by atoms with van der Waals surface area (Å²) in [5.74, 6) is 1.36. The number of anilines is 1. The molecule has 0 amide bonds. The van der Waals surface area contributed by atoms with Gasteiger partial charge in [0.1, 0.15) is 27.6 Å². The maximum absolute atomic E-state index is 13.8. The summed E-state index contributed by atoms with van der Waals surface area (Å²) in [6, 6.07) is 7.63. The monoisotopic (exact) mass is 473 g/mol. The SMILES string of the molecule is O=S1CCN(c2nc(Cl)nc3c(SC(c4ccccc4)C(F)(F)F)ncnc23)CC1. The molecule has 12 heteroatoms. The van der Waals surface area contributed by atoms with Gasteiger partial charge in [-0.3, -0.25) is 4.21 Å². The zero-order chi connectivity index (χ0) is 21.3. The third-order valence-electron chi connectivity index (χ3n) is 4.51. The van der Waals surface area contributed by atoms with Crippen molar-refractivity contribution in [2.75, 3.05) is 29.5 Å². The van der Waals surface area contributed by atoms with Crippen molar-refractivity contribution in [3.8, 4) is 0 Å². The molecule has 158 valence electrons. The third kappa shape index (κ3) is 4.52. The lowest BCUT2D eigenvalue weighted by Crippen LogP contribution is -2.38. The van der Waals surface area contributed by atoms with Gasteiger partial charge in [0.05, 0.1) is 0 Å². The minimum absolute atomic E-state index is 0.0670. The normalized spacial score (nSPS) is 16.7. The Morgan fingerprint density at radius 2 is 1.77 bits per heavy atom. The van der Waals surface area contributed by atoms with Crippen LogP contribution in [0, 0.1) is 0 Å². The van der Waals surface area contributed by atoms with Gasteiger partial charge in [0.2, 0.25) is 5.28 Å². The maximum Gasteiger partial charge on any atom is 0.404 e. The van der Waals surface area contributed by atoms with Crippen LogP contribution in [0.2, 0.25) is 5.28 Å². The van der Waals surface area contributed by atoms with Gasteiger partial charge in [-0.25, -0.2) is 15.0 Å². The van der Waals surface area contributed by atoms with Gasteiger partial charge in [0, 0.05) is 35.4 Å². The van der Waals surface area contributed by atoms with Gasteiger partial charge in [-0.2, -0.15) is 18.2 Å². The molecule has 1 aromatic carbocycles. The quantitative estimate of drug-likeness (QED) is 0.322. The third-order valence-corrected chi connectivity index (χ3v) is 7.25. The fourth-order valence-corrected chi connectivity index (χ4v) is 5.33. The first kappa shape index (κ1) is 21.3. The molecule has 3 aromatic rings. The smallest absolute Gasteiger partial charge is 0.353 e. The van der Waals surface area contributed by atoms with E-state index in [1.165, 1.54) is 18.5 Å². The molecule has 0 bridgehead atoms. The van der Waals surface area contributed by atoms with Gasteiger partial charge in [-0.15, -0.1) is 0 Å². The predicted octanol–water partition coefficient (Wildman–Crippen LogP) is 4.04. The number of nitrogens with zero attached hydrogens (tertiary/aromatic N) is 5. The summed E-state index contributed by atoms with van der Waals surface area (Å²) in [7, 11) is -0.897. The summed E-state index contributed by atoms with van der Waals surface area (Å²) in [5.41, 5.74) is 0.591. The highest BCUT2D eigenvalue weighted by Gasteiger charge is 2.42. The second-order valence-electron chi connectivity index (χ2n) is 6.48. The number of benzene rings is 1. The number of rotatable bonds is 4. The van der Waals surface area contributed by atoms with E-state index in [1.54, 1.807) is 18.2 Å². The molecule has 1 fully saturated rings.